The highest BCUT2D eigenvalue weighted by molar-refractivity contribution is 9.10. The quantitative estimate of drug-likeness (QED) is 0.656. The molecule has 1 aliphatic carbocycles. The van der Waals surface area contributed by atoms with Crippen molar-refractivity contribution in [3.8, 4) is 0 Å². The minimum absolute atomic E-state index is 0.00144. The lowest BCUT2D eigenvalue weighted by atomic mass is 10.0. The van der Waals surface area contributed by atoms with E-state index in [9.17, 15) is 18.0 Å². The molecule has 3 N–H and O–H groups in total. The van der Waals surface area contributed by atoms with Gasteiger partial charge in [-0.15, -0.1) is 0 Å². The molecule has 1 fully saturated rings. The van der Waals surface area contributed by atoms with Gasteiger partial charge in [-0.2, -0.15) is 13.2 Å². The summed E-state index contributed by atoms with van der Waals surface area (Å²) in [5.74, 6) is -0.377. The van der Waals surface area contributed by atoms with Gasteiger partial charge in [-0.05, 0) is 40.9 Å². The van der Waals surface area contributed by atoms with Crippen molar-refractivity contribution in [3.05, 3.63) is 27.7 Å². The van der Waals surface area contributed by atoms with E-state index in [1.165, 1.54) is 6.07 Å². The lowest BCUT2D eigenvalue weighted by Crippen LogP contribution is -2.25. The number of hydrogen-bond acceptors (Lipinski definition) is 3. The van der Waals surface area contributed by atoms with Gasteiger partial charge in [-0.25, -0.2) is 0 Å². The van der Waals surface area contributed by atoms with E-state index >= 15 is 0 Å². The molecule has 0 aliphatic heterocycles. The van der Waals surface area contributed by atoms with E-state index in [2.05, 4.69) is 21.2 Å². The van der Waals surface area contributed by atoms with Crippen molar-refractivity contribution < 1.29 is 18.0 Å². The molecule has 3 nitrogen and oxygen atoms in total. The lowest BCUT2D eigenvalue weighted by molar-refractivity contribution is -0.136. The Balaban J connectivity index is 2.25. The number of hydrogen-bond donors (Lipinski definition) is 2. The molecule has 0 amide bonds. The maximum Gasteiger partial charge on any atom is 0.418 e. The summed E-state index contributed by atoms with van der Waals surface area (Å²) in [6.45, 7) is 0.0400. The molecule has 0 unspecified atom stereocenters. The summed E-state index contributed by atoms with van der Waals surface area (Å²) in [5, 5.41) is 2.97. The summed E-state index contributed by atoms with van der Waals surface area (Å²) in [6, 6.07) is 2.45. The van der Waals surface area contributed by atoms with E-state index in [1.807, 2.05) is 0 Å². The smallest absolute Gasteiger partial charge is 0.397 e. The highest BCUT2D eigenvalue weighted by Gasteiger charge is 2.34. The van der Waals surface area contributed by atoms with E-state index in [1.54, 1.807) is 0 Å². The minimum Gasteiger partial charge on any atom is -0.397 e. The van der Waals surface area contributed by atoms with E-state index in [-0.39, 0.29) is 22.4 Å². The number of Topliss-reactive ketones (excluding diaryl/α,β-unsaturated/α-hetero) is 1. The number of nitrogen functional groups attached to an aromatic ring is 1. The predicted molar refractivity (Wildman–Crippen MR) is 68.9 cm³/mol. The Morgan fingerprint density at radius 1 is 1.42 bits per heavy atom. The first-order chi connectivity index (χ1) is 8.79. The molecule has 0 radical (unpaired) electrons. The van der Waals surface area contributed by atoms with Gasteiger partial charge in [0.15, 0.2) is 5.78 Å². The number of alkyl halides is 3. The van der Waals surface area contributed by atoms with Crippen LogP contribution < -0.4 is 11.1 Å². The van der Waals surface area contributed by atoms with Crippen LogP contribution in [0.4, 0.5) is 18.9 Å². The van der Waals surface area contributed by atoms with E-state index in [0.29, 0.717) is 6.04 Å². The molecule has 2 rings (SSSR count). The first-order valence-corrected chi connectivity index (χ1v) is 6.51. The van der Waals surface area contributed by atoms with Gasteiger partial charge in [-0.1, -0.05) is 0 Å². The summed E-state index contributed by atoms with van der Waals surface area (Å²) in [6.07, 6.45) is -2.56. The van der Waals surface area contributed by atoms with Crippen molar-refractivity contribution in [3.63, 3.8) is 0 Å². The van der Waals surface area contributed by atoms with Gasteiger partial charge in [-0.3, -0.25) is 4.79 Å². The molecule has 1 aromatic rings. The average molecular weight is 337 g/mol. The van der Waals surface area contributed by atoms with Crippen LogP contribution in [0.15, 0.2) is 16.6 Å². The second-order valence-corrected chi connectivity index (χ2v) is 5.35. The minimum atomic E-state index is -4.58. The van der Waals surface area contributed by atoms with E-state index in [0.717, 1.165) is 18.9 Å². The zero-order valence-electron chi connectivity index (χ0n) is 9.85. The van der Waals surface area contributed by atoms with Gasteiger partial charge in [0.05, 0.1) is 17.8 Å². The molecule has 0 heterocycles. The molecular weight excluding hydrogens is 325 g/mol. The molecule has 0 bridgehead atoms. The summed E-state index contributed by atoms with van der Waals surface area (Å²) in [5.41, 5.74) is 3.98. The predicted octanol–water partition coefficient (Wildman–Crippen LogP) is 2.98. The molecule has 104 valence electrons. The fourth-order valence-corrected chi connectivity index (χ4v) is 2.10. The molecule has 19 heavy (non-hydrogen) atoms. The number of carbonyl (C=O) groups excluding carboxylic acids is 1. The summed E-state index contributed by atoms with van der Waals surface area (Å²) < 4.78 is 38.4. The second-order valence-electron chi connectivity index (χ2n) is 4.50. The molecule has 0 spiro atoms. The van der Waals surface area contributed by atoms with Crippen LogP contribution in [0.2, 0.25) is 0 Å². The Hall–Kier alpha value is -1.08. The third-order valence-electron chi connectivity index (χ3n) is 2.89. The standard InChI is InChI=1S/C12H12BrF3N2O/c13-9-4-6(10(19)5-18-7-1-2-7)3-8(11(9)17)12(14,15)16/h3-4,7,18H,1-2,5,17H2. The van der Waals surface area contributed by atoms with Crippen LogP contribution >= 0.6 is 15.9 Å². The Kier molecular flexibility index (Phi) is 3.87. The third-order valence-corrected chi connectivity index (χ3v) is 3.54. The van der Waals surface area contributed by atoms with Crippen LogP contribution in [0.25, 0.3) is 0 Å². The summed E-state index contributed by atoms with van der Waals surface area (Å²) in [4.78, 5) is 11.8. The van der Waals surface area contributed by atoms with Gasteiger partial charge in [0.25, 0.3) is 0 Å². The van der Waals surface area contributed by atoms with Crippen LogP contribution in [-0.2, 0) is 6.18 Å². The SMILES string of the molecule is Nc1c(Br)cc(C(=O)CNC2CC2)cc1C(F)(F)F. The molecule has 0 aromatic heterocycles. The monoisotopic (exact) mass is 336 g/mol. The molecule has 1 aliphatic rings. The fourth-order valence-electron chi connectivity index (χ4n) is 1.64. The first-order valence-electron chi connectivity index (χ1n) is 5.72. The molecular formula is C12H12BrF3N2O. The van der Waals surface area contributed by atoms with Crippen molar-refractivity contribution in [2.24, 2.45) is 0 Å². The number of nitrogens with two attached hydrogens (primary N) is 1. The second kappa shape index (κ2) is 5.13. The van der Waals surface area contributed by atoms with Crippen LogP contribution in [0, 0.1) is 0 Å². The topological polar surface area (TPSA) is 55.1 Å². The largest absolute Gasteiger partial charge is 0.418 e. The van der Waals surface area contributed by atoms with Gasteiger partial charge < -0.3 is 11.1 Å². The lowest BCUT2D eigenvalue weighted by Gasteiger charge is -2.13. The molecule has 0 atom stereocenters. The van der Waals surface area contributed by atoms with Gasteiger partial charge >= 0.3 is 6.18 Å². The highest BCUT2D eigenvalue weighted by Crippen LogP contribution is 2.38. The van der Waals surface area contributed by atoms with E-state index < -0.39 is 17.4 Å². The average Bonchev–Trinajstić information content (AvgIpc) is 3.11. The maximum absolute atomic E-state index is 12.8. The van der Waals surface area contributed by atoms with Gasteiger partial charge in [0.2, 0.25) is 0 Å². The van der Waals surface area contributed by atoms with Crippen LogP contribution in [-0.4, -0.2) is 18.4 Å². The number of carbonyl (C=O) groups is 1. The molecule has 1 saturated carbocycles. The third kappa shape index (κ3) is 3.48. The number of nitrogens with one attached hydrogen (secondary N) is 1. The number of halogens is 4. The van der Waals surface area contributed by atoms with Crippen molar-refractivity contribution in [1.29, 1.82) is 0 Å². The van der Waals surface area contributed by atoms with Crippen molar-refractivity contribution in [2.45, 2.75) is 25.1 Å². The van der Waals surface area contributed by atoms with Crippen molar-refractivity contribution >= 4 is 27.4 Å². The van der Waals surface area contributed by atoms with Gasteiger partial charge in [0, 0.05) is 16.1 Å². The summed E-state index contributed by atoms with van der Waals surface area (Å²) >= 11 is 2.95. The zero-order chi connectivity index (χ0) is 14.2. The first kappa shape index (κ1) is 14.3. The van der Waals surface area contributed by atoms with Crippen molar-refractivity contribution in [2.75, 3.05) is 12.3 Å². The number of ketones is 1. The van der Waals surface area contributed by atoms with Crippen LogP contribution in [0.1, 0.15) is 28.8 Å². The number of anilines is 1. The van der Waals surface area contributed by atoms with Crippen LogP contribution in [0.3, 0.4) is 0 Å². The fraction of sp³-hybridized carbons (Fsp3) is 0.417. The zero-order valence-corrected chi connectivity index (χ0v) is 11.4. The Labute approximate surface area is 116 Å². The maximum atomic E-state index is 12.8. The molecule has 7 heteroatoms. The molecule has 1 aromatic carbocycles. The Morgan fingerprint density at radius 2 is 2.05 bits per heavy atom. The van der Waals surface area contributed by atoms with Crippen LogP contribution in [0.5, 0.6) is 0 Å². The summed E-state index contributed by atoms with van der Waals surface area (Å²) in [7, 11) is 0. The Bertz CT molecular complexity index is 512. The highest BCUT2D eigenvalue weighted by atomic mass is 79.9. The normalized spacial score (nSPS) is 15.6. The molecule has 0 saturated heterocycles. The number of rotatable bonds is 4. The Morgan fingerprint density at radius 3 is 2.58 bits per heavy atom. The van der Waals surface area contributed by atoms with E-state index in [4.69, 9.17) is 5.73 Å². The van der Waals surface area contributed by atoms with Crippen molar-refractivity contribution in [1.82, 2.24) is 5.32 Å². The van der Waals surface area contributed by atoms with Gasteiger partial charge in [0.1, 0.15) is 0 Å². The number of benzene rings is 1.